The molecule has 0 atom stereocenters. The van der Waals surface area contributed by atoms with E-state index >= 15 is 0 Å². The van der Waals surface area contributed by atoms with Crippen LogP contribution in [0.4, 0.5) is 11.4 Å². The summed E-state index contributed by atoms with van der Waals surface area (Å²) in [6.45, 7) is 4.83. The van der Waals surface area contributed by atoms with Gasteiger partial charge in [-0.3, -0.25) is 9.59 Å². The van der Waals surface area contributed by atoms with Gasteiger partial charge in [-0.05, 0) is 30.3 Å². The van der Waals surface area contributed by atoms with E-state index in [1.165, 1.54) is 0 Å². The van der Waals surface area contributed by atoms with Crippen molar-refractivity contribution < 1.29 is 9.59 Å². The van der Waals surface area contributed by atoms with Gasteiger partial charge in [-0.25, -0.2) is 0 Å². The summed E-state index contributed by atoms with van der Waals surface area (Å²) in [5.41, 5.74) is 2.37. The molecule has 2 aromatic carbocycles. The maximum atomic E-state index is 12.6. The predicted molar refractivity (Wildman–Crippen MR) is 108 cm³/mol. The van der Waals surface area contributed by atoms with Crippen molar-refractivity contribution in [1.29, 1.82) is 0 Å². The number of nitrogens with one attached hydrogen (secondary N) is 1. The molecule has 2 amide bonds. The maximum absolute atomic E-state index is 12.6. The van der Waals surface area contributed by atoms with Gasteiger partial charge in [0.15, 0.2) is 0 Å². The standard InChI is InChI=1S/C20H22BrN3O2/c1-2-19(25)24-12-10-23(11-13-24)18-9-4-3-8-17(18)22-20(26)15-6-5-7-16(21)14-15/h3-9,14H,2,10-13H2,1H3,(H,22,26). The molecule has 26 heavy (non-hydrogen) atoms. The molecule has 0 bridgehead atoms. The molecule has 1 fully saturated rings. The van der Waals surface area contributed by atoms with E-state index in [9.17, 15) is 9.59 Å². The van der Waals surface area contributed by atoms with Gasteiger partial charge in [-0.1, -0.05) is 41.1 Å². The highest BCUT2D eigenvalue weighted by molar-refractivity contribution is 9.10. The number of anilines is 2. The molecule has 1 aliphatic rings. The van der Waals surface area contributed by atoms with E-state index in [0.29, 0.717) is 25.1 Å². The fraction of sp³-hybridized carbons (Fsp3) is 0.300. The first-order valence-corrected chi connectivity index (χ1v) is 9.56. The zero-order chi connectivity index (χ0) is 18.5. The van der Waals surface area contributed by atoms with Crippen molar-refractivity contribution in [1.82, 2.24) is 4.90 Å². The molecule has 6 heteroatoms. The smallest absolute Gasteiger partial charge is 0.255 e. The molecular formula is C20H22BrN3O2. The van der Waals surface area contributed by atoms with Crippen LogP contribution in [0.5, 0.6) is 0 Å². The third kappa shape index (κ3) is 4.25. The van der Waals surface area contributed by atoms with Crippen LogP contribution in [-0.2, 0) is 4.79 Å². The Hall–Kier alpha value is -2.34. The molecule has 1 aliphatic heterocycles. The minimum absolute atomic E-state index is 0.140. The summed E-state index contributed by atoms with van der Waals surface area (Å²) in [4.78, 5) is 28.6. The van der Waals surface area contributed by atoms with Crippen LogP contribution in [-0.4, -0.2) is 42.9 Å². The van der Waals surface area contributed by atoms with Crippen molar-refractivity contribution >= 4 is 39.1 Å². The molecule has 3 rings (SSSR count). The Balaban J connectivity index is 1.73. The molecule has 0 radical (unpaired) electrons. The minimum Gasteiger partial charge on any atom is -0.366 e. The number of amides is 2. The SMILES string of the molecule is CCC(=O)N1CCN(c2ccccc2NC(=O)c2cccc(Br)c2)CC1. The normalized spacial score (nSPS) is 14.2. The Labute approximate surface area is 162 Å². The fourth-order valence-corrected chi connectivity index (χ4v) is 3.50. The van der Waals surface area contributed by atoms with Gasteiger partial charge in [0.2, 0.25) is 5.91 Å². The minimum atomic E-state index is -0.140. The second kappa shape index (κ2) is 8.36. The van der Waals surface area contributed by atoms with Crippen LogP contribution in [0.25, 0.3) is 0 Å². The van der Waals surface area contributed by atoms with E-state index < -0.39 is 0 Å². The second-order valence-corrected chi connectivity index (χ2v) is 7.12. The lowest BCUT2D eigenvalue weighted by Crippen LogP contribution is -2.48. The molecular weight excluding hydrogens is 394 g/mol. The molecule has 0 aromatic heterocycles. The van der Waals surface area contributed by atoms with Crippen molar-refractivity contribution in [3.05, 3.63) is 58.6 Å². The number of piperazine rings is 1. The Morgan fingerprint density at radius 3 is 2.46 bits per heavy atom. The van der Waals surface area contributed by atoms with Crippen molar-refractivity contribution in [3.63, 3.8) is 0 Å². The second-order valence-electron chi connectivity index (χ2n) is 6.20. The number of carbonyl (C=O) groups is 2. The number of hydrogen-bond donors (Lipinski definition) is 1. The number of halogens is 1. The van der Waals surface area contributed by atoms with E-state index in [1.807, 2.05) is 48.2 Å². The summed E-state index contributed by atoms with van der Waals surface area (Å²) < 4.78 is 0.871. The molecule has 0 aliphatic carbocycles. The van der Waals surface area contributed by atoms with Gasteiger partial charge >= 0.3 is 0 Å². The van der Waals surface area contributed by atoms with Gasteiger partial charge in [0.05, 0.1) is 11.4 Å². The van der Waals surface area contributed by atoms with Gasteiger partial charge < -0.3 is 15.1 Å². The first-order valence-electron chi connectivity index (χ1n) is 8.77. The summed E-state index contributed by atoms with van der Waals surface area (Å²) >= 11 is 3.40. The highest BCUT2D eigenvalue weighted by atomic mass is 79.9. The first-order chi connectivity index (χ1) is 12.6. The number of nitrogens with zero attached hydrogens (tertiary/aromatic N) is 2. The fourth-order valence-electron chi connectivity index (χ4n) is 3.10. The zero-order valence-corrected chi connectivity index (χ0v) is 16.3. The number of hydrogen-bond acceptors (Lipinski definition) is 3. The Kier molecular flexibility index (Phi) is 5.93. The van der Waals surface area contributed by atoms with Crippen molar-refractivity contribution in [2.24, 2.45) is 0 Å². The number of rotatable bonds is 4. The van der Waals surface area contributed by atoms with E-state index in [4.69, 9.17) is 0 Å². The van der Waals surface area contributed by atoms with Gasteiger partial charge in [-0.2, -0.15) is 0 Å². The molecule has 0 spiro atoms. The van der Waals surface area contributed by atoms with Crippen LogP contribution in [0.15, 0.2) is 53.0 Å². The Morgan fingerprint density at radius 2 is 1.77 bits per heavy atom. The third-order valence-corrected chi connectivity index (χ3v) is 5.01. The molecule has 2 aromatic rings. The summed E-state index contributed by atoms with van der Waals surface area (Å²) in [5.74, 6) is 0.0550. The van der Waals surface area contributed by atoms with Crippen LogP contribution in [0.1, 0.15) is 23.7 Å². The highest BCUT2D eigenvalue weighted by Gasteiger charge is 2.22. The molecule has 0 saturated carbocycles. The van der Waals surface area contributed by atoms with E-state index in [2.05, 4.69) is 26.1 Å². The first kappa shape index (κ1) is 18.5. The lowest BCUT2D eigenvalue weighted by molar-refractivity contribution is -0.131. The lowest BCUT2D eigenvalue weighted by atomic mass is 10.1. The average Bonchev–Trinajstić information content (AvgIpc) is 2.68. The lowest BCUT2D eigenvalue weighted by Gasteiger charge is -2.36. The monoisotopic (exact) mass is 415 g/mol. The van der Waals surface area contributed by atoms with Crippen LogP contribution in [0, 0.1) is 0 Å². The third-order valence-electron chi connectivity index (χ3n) is 4.51. The van der Waals surface area contributed by atoms with Crippen molar-refractivity contribution in [2.45, 2.75) is 13.3 Å². The summed E-state index contributed by atoms with van der Waals surface area (Å²) in [6, 6.07) is 15.1. The van der Waals surface area contributed by atoms with Crippen LogP contribution in [0.2, 0.25) is 0 Å². The highest BCUT2D eigenvalue weighted by Crippen LogP contribution is 2.27. The zero-order valence-electron chi connectivity index (χ0n) is 14.7. The molecule has 1 saturated heterocycles. The summed E-state index contributed by atoms with van der Waals surface area (Å²) in [6.07, 6.45) is 0.541. The predicted octanol–water partition coefficient (Wildman–Crippen LogP) is 3.76. The quantitative estimate of drug-likeness (QED) is 0.826. The van der Waals surface area contributed by atoms with E-state index in [0.717, 1.165) is 28.9 Å². The molecule has 1 N–H and O–H groups in total. The van der Waals surface area contributed by atoms with Crippen LogP contribution < -0.4 is 10.2 Å². The van der Waals surface area contributed by atoms with Crippen LogP contribution >= 0.6 is 15.9 Å². The van der Waals surface area contributed by atoms with Gasteiger partial charge in [-0.15, -0.1) is 0 Å². The van der Waals surface area contributed by atoms with Gasteiger partial charge in [0, 0.05) is 42.6 Å². The Morgan fingerprint density at radius 1 is 1.04 bits per heavy atom. The molecule has 136 valence electrons. The van der Waals surface area contributed by atoms with Crippen LogP contribution in [0.3, 0.4) is 0 Å². The molecule has 5 nitrogen and oxygen atoms in total. The largest absolute Gasteiger partial charge is 0.366 e. The summed E-state index contributed by atoms with van der Waals surface area (Å²) in [5, 5.41) is 3.01. The van der Waals surface area contributed by atoms with E-state index in [1.54, 1.807) is 12.1 Å². The molecule has 0 unspecified atom stereocenters. The van der Waals surface area contributed by atoms with Crippen molar-refractivity contribution in [2.75, 3.05) is 36.4 Å². The van der Waals surface area contributed by atoms with Gasteiger partial charge in [0.25, 0.3) is 5.91 Å². The number of carbonyl (C=O) groups excluding carboxylic acids is 2. The summed E-state index contributed by atoms with van der Waals surface area (Å²) in [7, 11) is 0. The number of benzene rings is 2. The Bertz CT molecular complexity index is 801. The van der Waals surface area contributed by atoms with Crippen molar-refractivity contribution in [3.8, 4) is 0 Å². The molecule has 1 heterocycles. The van der Waals surface area contributed by atoms with Gasteiger partial charge in [0.1, 0.15) is 0 Å². The van der Waals surface area contributed by atoms with E-state index in [-0.39, 0.29) is 11.8 Å². The average molecular weight is 416 g/mol. The number of para-hydroxylation sites is 2. The maximum Gasteiger partial charge on any atom is 0.255 e. The topological polar surface area (TPSA) is 52.7 Å².